The highest BCUT2D eigenvalue weighted by Crippen LogP contribution is 2.24. The first-order valence-corrected chi connectivity index (χ1v) is 7.12. The van der Waals surface area contributed by atoms with E-state index in [9.17, 15) is 4.79 Å². The molecule has 0 radical (unpaired) electrons. The van der Waals surface area contributed by atoms with Crippen LogP contribution in [0, 0.1) is 0 Å². The number of rotatable bonds is 5. The molecule has 5 heteroatoms. The molecule has 0 spiro atoms. The molecule has 1 aromatic carbocycles. The normalized spacial score (nSPS) is 10.8. The zero-order chi connectivity index (χ0) is 13.7. The Bertz CT molecular complexity index is 604. The van der Waals surface area contributed by atoms with Gasteiger partial charge in [0.2, 0.25) is 0 Å². The third-order valence-corrected chi connectivity index (χ3v) is 3.88. The average molecular weight is 339 g/mol. The molecule has 2 rings (SSSR count). The van der Waals surface area contributed by atoms with Gasteiger partial charge in [0.25, 0.3) is 0 Å². The molecule has 98 valence electrons. The maximum absolute atomic E-state index is 10.4. The summed E-state index contributed by atoms with van der Waals surface area (Å²) < 4.78 is 6.73. The van der Waals surface area contributed by atoms with Gasteiger partial charge in [-0.05, 0) is 51.8 Å². The fraction of sp³-hybridized carbons (Fsp3) is 0.0714. The molecule has 0 fully saturated rings. The largest absolute Gasteiger partial charge is 0.488 e. The SMILES string of the molecule is O=C(O)/C=C/c1cccc(OCc2ccc(Br)s2)c1. The number of halogens is 1. The number of ether oxygens (including phenoxy) is 1. The molecule has 0 aliphatic rings. The van der Waals surface area contributed by atoms with Gasteiger partial charge in [-0.2, -0.15) is 0 Å². The Morgan fingerprint density at radius 2 is 2.21 bits per heavy atom. The van der Waals surface area contributed by atoms with E-state index < -0.39 is 5.97 Å². The van der Waals surface area contributed by atoms with E-state index in [4.69, 9.17) is 9.84 Å². The van der Waals surface area contributed by atoms with Crippen LogP contribution in [-0.4, -0.2) is 11.1 Å². The van der Waals surface area contributed by atoms with Crippen LogP contribution in [0.15, 0.2) is 46.3 Å². The summed E-state index contributed by atoms with van der Waals surface area (Å²) in [6, 6.07) is 11.3. The van der Waals surface area contributed by atoms with Crippen molar-refractivity contribution in [3.05, 3.63) is 56.7 Å². The van der Waals surface area contributed by atoms with Crippen molar-refractivity contribution in [2.75, 3.05) is 0 Å². The molecule has 0 aliphatic heterocycles. The van der Waals surface area contributed by atoms with Crippen molar-refractivity contribution in [2.24, 2.45) is 0 Å². The molecule has 0 unspecified atom stereocenters. The summed E-state index contributed by atoms with van der Waals surface area (Å²) in [4.78, 5) is 11.6. The smallest absolute Gasteiger partial charge is 0.328 e. The van der Waals surface area contributed by atoms with Crippen LogP contribution in [0.5, 0.6) is 5.75 Å². The molecule has 0 bridgehead atoms. The molecule has 1 N–H and O–H groups in total. The number of carbonyl (C=O) groups is 1. The van der Waals surface area contributed by atoms with Crippen molar-refractivity contribution in [3.8, 4) is 5.75 Å². The topological polar surface area (TPSA) is 46.5 Å². The van der Waals surface area contributed by atoms with Gasteiger partial charge in [0.1, 0.15) is 12.4 Å². The van der Waals surface area contributed by atoms with Gasteiger partial charge >= 0.3 is 5.97 Å². The maximum atomic E-state index is 10.4. The van der Waals surface area contributed by atoms with E-state index in [0.717, 1.165) is 26.1 Å². The quantitative estimate of drug-likeness (QED) is 0.831. The summed E-state index contributed by atoms with van der Waals surface area (Å²) in [5.74, 6) is -0.244. The molecule has 0 aliphatic carbocycles. The lowest BCUT2D eigenvalue weighted by molar-refractivity contribution is -0.131. The summed E-state index contributed by atoms with van der Waals surface area (Å²) in [6.07, 6.45) is 2.65. The predicted octanol–water partition coefficient (Wildman–Crippen LogP) is 4.19. The molecule has 2 aromatic rings. The predicted molar refractivity (Wildman–Crippen MR) is 79.5 cm³/mol. The van der Waals surface area contributed by atoms with Gasteiger partial charge in [-0.1, -0.05) is 12.1 Å². The Morgan fingerprint density at radius 3 is 2.89 bits per heavy atom. The first-order valence-electron chi connectivity index (χ1n) is 5.51. The number of hydrogen-bond acceptors (Lipinski definition) is 3. The fourth-order valence-electron chi connectivity index (χ4n) is 1.46. The first kappa shape index (κ1) is 13.8. The van der Waals surface area contributed by atoms with Crippen LogP contribution in [0.1, 0.15) is 10.4 Å². The van der Waals surface area contributed by atoms with Gasteiger partial charge in [0.15, 0.2) is 0 Å². The van der Waals surface area contributed by atoms with E-state index in [-0.39, 0.29) is 0 Å². The van der Waals surface area contributed by atoms with Crippen LogP contribution in [0.2, 0.25) is 0 Å². The molecular weight excluding hydrogens is 328 g/mol. The highest BCUT2D eigenvalue weighted by Gasteiger charge is 2.00. The summed E-state index contributed by atoms with van der Waals surface area (Å²) in [6.45, 7) is 0.502. The molecule has 0 atom stereocenters. The third-order valence-electron chi connectivity index (χ3n) is 2.29. The van der Waals surface area contributed by atoms with Gasteiger partial charge in [0.05, 0.1) is 3.79 Å². The van der Waals surface area contributed by atoms with Crippen molar-refractivity contribution < 1.29 is 14.6 Å². The van der Waals surface area contributed by atoms with Crippen molar-refractivity contribution in [2.45, 2.75) is 6.61 Å². The van der Waals surface area contributed by atoms with Gasteiger partial charge in [-0.25, -0.2) is 4.79 Å². The standard InChI is InChI=1S/C14H11BrO3S/c15-13-6-5-12(19-13)9-18-11-3-1-2-10(8-11)4-7-14(16)17/h1-8H,9H2,(H,16,17)/b7-4+. The summed E-state index contributed by atoms with van der Waals surface area (Å²) >= 11 is 5.03. The molecule has 0 amide bonds. The van der Waals surface area contributed by atoms with E-state index in [1.165, 1.54) is 6.08 Å². The van der Waals surface area contributed by atoms with Crippen molar-refractivity contribution in [3.63, 3.8) is 0 Å². The minimum absolute atomic E-state index is 0.502. The molecule has 0 saturated heterocycles. The molecule has 3 nitrogen and oxygen atoms in total. The Hall–Kier alpha value is -1.59. The van der Waals surface area contributed by atoms with Crippen LogP contribution in [-0.2, 0) is 11.4 Å². The van der Waals surface area contributed by atoms with Crippen LogP contribution in [0.4, 0.5) is 0 Å². The monoisotopic (exact) mass is 338 g/mol. The Kier molecular flexibility index (Phi) is 4.76. The Morgan fingerprint density at radius 1 is 1.37 bits per heavy atom. The average Bonchev–Trinajstić information content (AvgIpc) is 2.80. The first-order chi connectivity index (χ1) is 9.13. The molecule has 1 heterocycles. The molecule has 1 aromatic heterocycles. The summed E-state index contributed by atoms with van der Waals surface area (Å²) in [7, 11) is 0. The van der Waals surface area contributed by atoms with E-state index in [1.54, 1.807) is 11.3 Å². The molecular formula is C14H11BrO3S. The van der Waals surface area contributed by atoms with Crippen LogP contribution in [0.3, 0.4) is 0 Å². The van der Waals surface area contributed by atoms with Crippen LogP contribution >= 0.6 is 27.3 Å². The third kappa shape index (κ3) is 4.54. The number of hydrogen-bond donors (Lipinski definition) is 1. The molecule has 0 saturated carbocycles. The lowest BCUT2D eigenvalue weighted by Gasteiger charge is -2.05. The highest BCUT2D eigenvalue weighted by atomic mass is 79.9. The number of benzene rings is 1. The lowest BCUT2D eigenvalue weighted by Crippen LogP contribution is -1.93. The highest BCUT2D eigenvalue weighted by molar-refractivity contribution is 9.11. The van der Waals surface area contributed by atoms with E-state index in [0.29, 0.717) is 6.61 Å². The zero-order valence-corrected chi connectivity index (χ0v) is 12.3. The van der Waals surface area contributed by atoms with Crippen molar-refractivity contribution in [1.29, 1.82) is 0 Å². The molecule has 19 heavy (non-hydrogen) atoms. The fourth-order valence-corrected chi connectivity index (χ4v) is 2.86. The van der Waals surface area contributed by atoms with Crippen molar-refractivity contribution >= 4 is 39.3 Å². The Balaban J connectivity index is 2.00. The van der Waals surface area contributed by atoms with Gasteiger partial charge in [-0.3, -0.25) is 0 Å². The summed E-state index contributed by atoms with van der Waals surface area (Å²) in [5.41, 5.74) is 0.798. The van der Waals surface area contributed by atoms with E-state index in [2.05, 4.69) is 15.9 Å². The number of aliphatic carboxylic acids is 1. The minimum Gasteiger partial charge on any atom is -0.488 e. The maximum Gasteiger partial charge on any atom is 0.328 e. The van der Waals surface area contributed by atoms with Gasteiger partial charge in [0, 0.05) is 11.0 Å². The second-order valence-corrected chi connectivity index (χ2v) is 6.29. The van der Waals surface area contributed by atoms with E-state index in [1.807, 2.05) is 36.4 Å². The Labute approximate surface area is 123 Å². The minimum atomic E-state index is -0.963. The van der Waals surface area contributed by atoms with Crippen LogP contribution in [0.25, 0.3) is 6.08 Å². The lowest BCUT2D eigenvalue weighted by atomic mass is 10.2. The second-order valence-electron chi connectivity index (χ2n) is 3.74. The second kappa shape index (κ2) is 6.54. The van der Waals surface area contributed by atoms with Gasteiger partial charge < -0.3 is 9.84 Å². The van der Waals surface area contributed by atoms with Crippen LogP contribution < -0.4 is 4.74 Å². The zero-order valence-electron chi connectivity index (χ0n) is 9.88. The number of carboxylic acid groups (broad SMARTS) is 1. The number of thiophene rings is 1. The van der Waals surface area contributed by atoms with Crippen molar-refractivity contribution in [1.82, 2.24) is 0 Å². The van der Waals surface area contributed by atoms with E-state index >= 15 is 0 Å². The number of carboxylic acids is 1. The van der Waals surface area contributed by atoms with Gasteiger partial charge in [-0.15, -0.1) is 11.3 Å². The summed E-state index contributed by atoms with van der Waals surface area (Å²) in [5, 5.41) is 8.58.